The Labute approximate surface area is 129 Å². The Hall–Kier alpha value is -1.08. The second kappa shape index (κ2) is 8.38. The van der Waals surface area contributed by atoms with Gasteiger partial charge < -0.3 is 15.0 Å². The van der Waals surface area contributed by atoms with E-state index >= 15 is 0 Å². The second-order valence-corrected chi connectivity index (χ2v) is 6.45. The first-order chi connectivity index (χ1) is 10.2. The highest BCUT2D eigenvalue weighted by molar-refractivity contribution is 7.99. The van der Waals surface area contributed by atoms with Crippen LogP contribution in [0, 0.1) is 5.92 Å². The molecule has 1 aromatic heterocycles. The molecule has 1 saturated carbocycles. The number of hydrogen-bond acceptors (Lipinski definition) is 5. The fourth-order valence-electron chi connectivity index (χ4n) is 2.32. The summed E-state index contributed by atoms with van der Waals surface area (Å²) in [6.07, 6.45) is 6.95. The summed E-state index contributed by atoms with van der Waals surface area (Å²) in [7, 11) is 0. The molecule has 1 aromatic rings. The number of carbonyl (C=O) groups is 1. The van der Waals surface area contributed by atoms with Gasteiger partial charge in [0, 0.05) is 19.2 Å². The third-order valence-corrected chi connectivity index (χ3v) is 4.59. The van der Waals surface area contributed by atoms with Gasteiger partial charge in [0.1, 0.15) is 6.33 Å². The average Bonchev–Trinajstić information content (AvgIpc) is 3.21. The van der Waals surface area contributed by atoms with Crippen molar-refractivity contribution in [3.8, 4) is 0 Å². The van der Waals surface area contributed by atoms with Crippen LogP contribution < -0.4 is 5.32 Å². The quantitative estimate of drug-likeness (QED) is 0.642. The molecule has 118 valence electrons. The van der Waals surface area contributed by atoms with E-state index in [1.807, 2.05) is 0 Å². The molecular formula is C14H24N4O2S. The van der Waals surface area contributed by atoms with Crippen LogP contribution in [-0.4, -0.2) is 44.7 Å². The normalized spacial score (nSPS) is 15.9. The number of nitrogens with one attached hydrogen (secondary N) is 1. The Kier molecular flexibility index (Phi) is 6.50. The number of amides is 1. The minimum atomic E-state index is 0.0180. The third kappa shape index (κ3) is 5.32. The van der Waals surface area contributed by atoms with Crippen molar-refractivity contribution in [2.24, 2.45) is 5.92 Å². The molecule has 7 heteroatoms. The average molecular weight is 312 g/mol. The molecule has 0 saturated heterocycles. The first-order valence-corrected chi connectivity index (χ1v) is 8.63. The lowest BCUT2D eigenvalue weighted by atomic mass is 10.0. The fraction of sp³-hybridized carbons (Fsp3) is 0.786. The number of hydrogen-bond donors (Lipinski definition) is 2. The highest BCUT2D eigenvalue weighted by Gasteiger charge is 2.26. The topological polar surface area (TPSA) is 80.0 Å². The number of nitrogens with zero attached hydrogens (tertiary/aromatic N) is 3. The van der Waals surface area contributed by atoms with Gasteiger partial charge in [0.05, 0.1) is 5.75 Å². The summed E-state index contributed by atoms with van der Waals surface area (Å²) >= 11 is 1.44. The zero-order valence-corrected chi connectivity index (χ0v) is 13.3. The Morgan fingerprint density at radius 2 is 2.38 bits per heavy atom. The van der Waals surface area contributed by atoms with Gasteiger partial charge in [-0.1, -0.05) is 25.1 Å². The van der Waals surface area contributed by atoms with E-state index in [1.165, 1.54) is 24.6 Å². The molecule has 1 heterocycles. The van der Waals surface area contributed by atoms with Crippen LogP contribution in [0.25, 0.3) is 0 Å². The molecule has 0 bridgehead atoms. The lowest BCUT2D eigenvalue weighted by molar-refractivity contribution is -0.118. The van der Waals surface area contributed by atoms with Gasteiger partial charge in [-0.15, -0.1) is 10.2 Å². The van der Waals surface area contributed by atoms with Crippen molar-refractivity contribution in [1.82, 2.24) is 20.1 Å². The van der Waals surface area contributed by atoms with Crippen LogP contribution >= 0.6 is 11.8 Å². The zero-order valence-electron chi connectivity index (χ0n) is 12.5. The van der Waals surface area contributed by atoms with E-state index in [9.17, 15) is 4.79 Å². The van der Waals surface area contributed by atoms with E-state index in [0.29, 0.717) is 24.3 Å². The molecule has 0 spiro atoms. The minimum Gasteiger partial charge on any atom is -0.396 e. The number of aliphatic hydroxyl groups excluding tert-OH is 1. The summed E-state index contributed by atoms with van der Waals surface area (Å²) in [6.45, 7) is 2.94. The van der Waals surface area contributed by atoms with Crippen LogP contribution in [0.3, 0.4) is 0 Å². The van der Waals surface area contributed by atoms with Crippen molar-refractivity contribution in [2.75, 3.05) is 18.9 Å². The van der Waals surface area contributed by atoms with Crippen LogP contribution in [0.4, 0.5) is 0 Å². The molecule has 1 amide bonds. The van der Waals surface area contributed by atoms with Crippen molar-refractivity contribution in [3.05, 3.63) is 6.33 Å². The number of aliphatic hydroxyl groups is 1. The van der Waals surface area contributed by atoms with E-state index < -0.39 is 0 Å². The molecule has 0 aliphatic heterocycles. The van der Waals surface area contributed by atoms with Gasteiger partial charge in [-0.25, -0.2) is 0 Å². The highest BCUT2D eigenvalue weighted by Crippen LogP contribution is 2.37. The summed E-state index contributed by atoms with van der Waals surface area (Å²) < 4.78 is 2.06. The van der Waals surface area contributed by atoms with Crippen LogP contribution in [0.15, 0.2) is 11.5 Å². The van der Waals surface area contributed by atoms with Crippen molar-refractivity contribution in [2.45, 2.75) is 50.2 Å². The Bertz CT molecular complexity index is 442. The molecular weight excluding hydrogens is 288 g/mol. The number of carbonyl (C=O) groups excluding carboxylic acids is 1. The van der Waals surface area contributed by atoms with Gasteiger partial charge in [-0.05, 0) is 31.6 Å². The number of aromatic nitrogens is 3. The van der Waals surface area contributed by atoms with Gasteiger partial charge in [0.25, 0.3) is 0 Å². The molecule has 1 unspecified atom stereocenters. The molecule has 2 rings (SSSR count). The van der Waals surface area contributed by atoms with Crippen LogP contribution in [0.2, 0.25) is 0 Å². The summed E-state index contributed by atoms with van der Waals surface area (Å²) in [4.78, 5) is 11.9. The number of rotatable bonds is 10. The van der Waals surface area contributed by atoms with Gasteiger partial charge in [-0.3, -0.25) is 4.79 Å². The van der Waals surface area contributed by atoms with E-state index in [-0.39, 0.29) is 12.5 Å². The maximum absolute atomic E-state index is 11.9. The molecule has 2 N–H and O–H groups in total. The van der Waals surface area contributed by atoms with Crippen molar-refractivity contribution < 1.29 is 9.90 Å². The van der Waals surface area contributed by atoms with Gasteiger partial charge >= 0.3 is 0 Å². The Morgan fingerprint density at radius 3 is 3.05 bits per heavy atom. The van der Waals surface area contributed by atoms with Crippen LogP contribution in [-0.2, 0) is 4.79 Å². The molecule has 21 heavy (non-hydrogen) atoms. The second-order valence-electron chi connectivity index (χ2n) is 5.51. The lowest BCUT2D eigenvalue weighted by Gasteiger charge is -2.15. The van der Waals surface area contributed by atoms with E-state index in [0.717, 1.165) is 24.4 Å². The van der Waals surface area contributed by atoms with E-state index in [2.05, 4.69) is 27.0 Å². The van der Waals surface area contributed by atoms with E-state index in [1.54, 1.807) is 6.33 Å². The smallest absolute Gasteiger partial charge is 0.230 e. The first-order valence-electron chi connectivity index (χ1n) is 7.64. The van der Waals surface area contributed by atoms with Crippen molar-refractivity contribution in [3.63, 3.8) is 0 Å². The monoisotopic (exact) mass is 312 g/mol. The molecule has 1 aliphatic rings. The Balaban J connectivity index is 1.70. The molecule has 6 nitrogen and oxygen atoms in total. The molecule has 1 aliphatic carbocycles. The molecule has 0 radical (unpaired) electrons. The summed E-state index contributed by atoms with van der Waals surface area (Å²) in [5.74, 6) is 0.747. The van der Waals surface area contributed by atoms with Crippen LogP contribution in [0.5, 0.6) is 0 Å². The molecule has 1 fully saturated rings. The molecule has 1 atom stereocenters. The predicted molar refractivity (Wildman–Crippen MR) is 82.1 cm³/mol. The molecule has 0 aromatic carbocycles. The van der Waals surface area contributed by atoms with Gasteiger partial charge in [-0.2, -0.15) is 0 Å². The van der Waals surface area contributed by atoms with Crippen molar-refractivity contribution in [1.29, 1.82) is 0 Å². The minimum absolute atomic E-state index is 0.0180. The predicted octanol–water partition coefficient (Wildman–Crippen LogP) is 1.62. The number of thioether (sulfide) groups is 1. The van der Waals surface area contributed by atoms with Crippen LogP contribution in [0.1, 0.15) is 45.1 Å². The van der Waals surface area contributed by atoms with E-state index in [4.69, 9.17) is 5.11 Å². The third-order valence-electron chi connectivity index (χ3n) is 3.64. The largest absolute Gasteiger partial charge is 0.396 e. The van der Waals surface area contributed by atoms with Gasteiger partial charge in [0.2, 0.25) is 5.91 Å². The van der Waals surface area contributed by atoms with Gasteiger partial charge in [0.15, 0.2) is 5.16 Å². The first kappa shape index (κ1) is 16.3. The SMILES string of the molecule is CCCC(CCO)CNC(=O)CSc1nncn1C1CC1. The maximum atomic E-state index is 11.9. The Morgan fingerprint density at radius 1 is 1.57 bits per heavy atom. The fourth-order valence-corrected chi connectivity index (χ4v) is 3.13. The highest BCUT2D eigenvalue weighted by atomic mass is 32.2. The summed E-state index contributed by atoms with van der Waals surface area (Å²) in [5.41, 5.74) is 0. The lowest BCUT2D eigenvalue weighted by Crippen LogP contribution is -2.31. The summed E-state index contributed by atoms with van der Waals surface area (Å²) in [5, 5.41) is 20.8. The van der Waals surface area contributed by atoms with Crippen molar-refractivity contribution >= 4 is 17.7 Å². The maximum Gasteiger partial charge on any atom is 0.230 e. The summed E-state index contributed by atoms with van der Waals surface area (Å²) in [6, 6.07) is 0.532. The standard InChI is InChI=1S/C14H24N4O2S/c1-2-3-11(6-7-19)8-15-13(20)9-21-14-17-16-10-18(14)12-4-5-12/h10-12,19H,2-9H2,1H3,(H,15,20). The zero-order chi connectivity index (χ0) is 15.1.